The van der Waals surface area contributed by atoms with E-state index in [4.69, 9.17) is 5.11 Å². The summed E-state index contributed by atoms with van der Waals surface area (Å²) in [5, 5.41) is 18.9. The highest BCUT2D eigenvalue weighted by Gasteiger charge is 2.14. The van der Waals surface area contributed by atoms with Gasteiger partial charge in [0.15, 0.2) is 0 Å². The van der Waals surface area contributed by atoms with Gasteiger partial charge in [-0.3, -0.25) is 10.1 Å². The summed E-state index contributed by atoms with van der Waals surface area (Å²) in [6.45, 7) is -1.04. The normalized spacial score (nSPS) is 9.79. The molecule has 0 radical (unpaired) electrons. The average molecular weight is 199 g/mol. The zero-order valence-corrected chi connectivity index (χ0v) is 6.94. The Labute approximate surface area is 77.9 Å². The highest BCUT2D eigenvalue weighted by Crippen LogP contribution is 2.18. The van der Waals surface area contributed by atoms with Crippen molar-refractivity contribution >= 4 is 11.7 Å². The van der Waals surface area contributed by atoms with E-state index in [1.54, 1.807) is 0 Å². The van der Waals surface area contributed by atoms with Gasteiger partial charge in [0.1, 0.15) is 6.67 Å². The summed E-state index contributed by atoms with van der Waals surface area (Å²) in [5.41, 5.74) is -0.757. The summed E-state index contributed by atoms with van der Waals surface area (Å²) in [6, 6.07) is 2.97. The molecule has 0 aromatic heterocycles. The molecule has 0 heterocycles. The van der Waals surface area contributed by atoms with Crippen molar-refractivity contribution in [1.82, 2.24) is 0 Å². The lowest BCUT2D eigenvalue weighted by atomic mass is 10.1. The van der Waals surface area contributed by atoms with Crippen molar-refractivity contribution in [2.75, 3.05) is 0 Å². The van der Waals surface area contributed by atoms with Crippen LogP contribution in [-0.2, 0) is 6.67 Å². The highest BCUT2D eigenvalue weighted by atomic mass is 19.1. The SMILES string of the molecule is O=C(O)c1ccc([N+](=O)[O-])cc1CF. The van der Waals surface area contributed by atoms with E-state index in [9.17, 15) is 19.3 Å². The van der Waals surface area contributed by atoms with Crippen LogP contribution in [0.1, 0.15) is 15.9 Å². The predicted molar refractivity (Wildman–Crippen MR) is 44.9 cm³/mol. The molecule has 6 heteroatoms. The molecule has 14 heavy (non-hydrogen) atoms. The van der Waals surface area contributed by atoms with Crippen LogP contribution in [0.5, 0.6) is 0 Å². The molecule has 0 unspecified atom stereocenters. The Hall–Kier alpha value is -1.98. The Morgan fingerprint density at radius 1 is 1.57 bits per heavy atom. The maximum atomic E-state index is 12.3. The molecule has 1 aromatic carbocycles. The number of carboxylic acid groups (broad SMARTS) is 1. The van der Waals surface area contributed by atoms with Crippen LogP contribution >= 0.6 is 0 Å². The van der Waals surface area contributed by atoms with Gasteiger partial charge in [-0.25, -0.2) is 9.18 Å². The number of carboxylic acids is 1. The van der Waals surface area contributed by atoms with Gasteiger partial charge >= 0.3 is 5.97 Å². The maximum absolute atomic E-state index is 12.3. The number of hydrogen-bond acceptors (Lipinski definition) is 3. The highest BCUT2D eigenvalue weighted by molar-refractivity contribution is 5.89. The standard InChI is InChI=1S/C8H6FNO4/c9-4-5-3-6(10(13)14)1-2-7(5)8(11)12/h1-3H,4H2,(H,11,12). The number of carbonyl (C=O) groups is 1. The van der Waals surface area contributed by atoms with E-state index in [0.717, 1.165) is 18.2 Å². The number of aromatic carboxylic acids is 1. The lowest BCUT2D eigenvalue weighted by molar-refractivity contribution is -0.384. The Balaban J connectivity index is 3.25. The Bertz CT molecular complexity index is 391. The molecule has 0 fully saturated rings. The van der Waals surface area contributed by atoms with Gasteiger partial charge in [0.2, 0.25) is 0 Å². The molecular weight excluding hydrogens is 193 g/mol. The van der Waals surface area contributed by atoms with Crippen LogP contribution < -0.4 is 0 Å². The van der Waals surface area contributed by atoms with Crippen molar-refractivity contribution in [1.29, 1.82) is 0 Å². The number of nitro groups is 1. The molecule has 5 nitrogen and oxygen atoms in total. The number of alkyl halides is 1. The van der Waals surface area contributed by atoms with Crippen molar-refractivity contribution in [3.8, 4) is 0 Å². The number of non-ortho nitro benzene ring substituents is 1. The molecule has 1 N–H and O–H groups in total. The van der Waals surface area contributed by atoms with Crippen LogP contribution in [0.2, 0.25) is 0 Å². The van der Waals surface area contributed by atoms with Crippen LogP contribution in [0.25, 0.3) is 0 Å². The molecular formula is C8H6FNO4. The zero-order valence-electron chi connectivity index (χ0n) is 6.94. The predicted octanol–water partition coefficient (Wildman–Crippen LogP) is 1.76. The number of halogens is 1. The van der Waals surface area contributed by atoms with Gasteiger partial charge in [-0.2, -0.15) is 0 Å². The summed E-state index contributed by atoms with van der Waals surface area (Å²) < 4.78 is 12.3. The smallest absolute Gasteiger partial charge is 0.336 e. The molecule has 0 aliphatic carbocycles. The average Bonchev–Trinajstić information content (AvgIpc) is 2.16. The zero-order chi connectivity index (χ0) is 10.7. The number of benzene rings is 1. The molecule has 1 aromatic rings. The quantitative estimate of drug-likeness (QED) is 0.594. The molecule has 0 aliphatic rings. The van der Waals surface area contributed by atoms with Gasteiger partial charge in [0.25, 0.3) is 5.69 Å². The Morgan fingerprint density at radius 3 is 2.64 bits per heavy atom. The van der Waals surface area contributed by atoms with E-state index in [1.807, 2.05) is 0 Å². The monoisotopic (exact) mass is 199 g/mol. The van der Waals surface area contributed by atoms with Gasteiger partial charge in [-0.15, -0.1) is 0 Å². The van der Waals surface area contributed by atoms with Crippen LogP contribution in [0.15, 0.2) is 18.2 Å². The van der Waals surface area contributed by atoms with E-state index in [1.165, 1.54) is 0 Å². The fourth-order valence-corrected chi connectivity index (χ4v) is 1.01. The van der Waals surface area contributed by atoms with E-state index >= 15 is 0 Å². The molecule has 0 saturated carbocycles. The van der Waals surface area contributed by atoms with Gasteiger partial charge in [-0.1, -0.05) is 0 Å². The second-order valence-corrected chi connectivity index (χ2v) is 2.54. The number of nitro benzene ring substituents is 1. The summed E-state index contributed by atoms with van der Waals surface area (Å²) in [6.07, 6.45) is 0. The van der Waals surface area contributed by atoms with Crippen molar-refractivity contribution in [2.24, 2.45) is 0 Å². The first-order valence-corrected chi connectivity index (χ1v) is 3.63. The van der Waals surface area contributed by atoms with Crippen molar-refractivity contribution in [3.63, 3.8) is 0 Å². The molecule has 0 aliphatic heterocycles. The van der Waals surface area contributed by atoms with E-state index in [-0.39, 0.29) is 16.8 Å². The molecule has 74 valence electrons. The van der Waals surface area contributed by atoms with Crippen molar-refractivity contribution in [2.45, 2.75) is 6.67 Å². The topological polar surface area (TPSA) is 80.4 Å². The van der Waals surface area contributed by atoms with Crippen LogP contribution in [-0.4, -0.2) is 16.0 Å². The number of nitrogens with zero attached hydrogens (tertiary/aromatic N) is 1. The second kappa shape index (κ2) is 3.82. The van der Waals surface area contributed by atoms with Gasteiger partial charge < -0.3 is 5.11 Å². The maximum Gasteiger partial charge on any atom is 0.336 e. The van der Waals surface area contributed by atoms with Crippen molar-refractivity contribution < 1.29 is 19.2 Å². The lowest BCUT2D eigenvalue weighted by Gasteiger charge is -2.00. The van der Waals surface area contributed by atoms with E-state index in [0.29, 0.717) is 0 Å². The first-order valence-electron chi connectivity index (χ1n) is 3.63. The Kier molecular flexibility index (Phi) is 2.76. The third-order valence-corrected chi connectivity index (χ3v) is 1.67. The number of hydrogen-bond donors (Lipinski definition) is 1. The van der Waals surface area contributed by atoms with Crippen LogP contribution in [0, 0.1) is 10.1 Å². The van der Waals surface area contributed by atoms with Gasteiger partial charge in [0.05, 0.1) is 10.5 Å². The molecule has 0 amide bonds. The first-order chi connectivity index (χ1) is 6.56. The third-order valence-electron chi connectivity index (χ3n) is 1.67. The van der Waals surface area contributed by atoms with E-state index < -0.39 is 17.6 Å². The third kappa shape index (κ3) is 1.85. The van der Waals surface area contributed by atoms with Crippen LogP contribution in [0.3, 0.4) is 0 Å². The minimum atomic E-state index is -1.30. The van der Waals surface area contributed by atoms with Crippen LogP contribution in [0.4, 0.5) is 10.1 Å². The van der Waals surface area contributed by atoms with Crippen molar-refractivity contribution in [3.05, 3.63) is 39.4 Å². The largest absolute Gasteiger partial charge is 0.478 e. The summed E-state index contributed by atoms with van der Waals surface area (Å²) in [7, 11) is 0. The molecule has 0 saturated heterocycles. The fraction of sp³-hybridized carbons (Fsp3) is 0.125. The second-order valence-electron chi connectivity index (χ2n) is 2.54. The summed E-state index contributed by atoms with van der Waals surface area (Å²) in [5.74, 6) is -1.30. The Morgan fingerprint density at radius 2 is 2.21 bits per heavy atom. The number of rotatable bonds is 3. The minimum Gasteiger partial charge on any atom is -0.478 e. The molecule has 0 spiro atoms. The molecule has 1 rings (SSSR count). The van der Waals surface area contributed by atoms with Gasteiger partial charge in [-0.05, 0) is 6.07 Å². The van der Waals surface area contributed by atoms with E-state index in [2.05, 4.69) is 0 Å². The molecule has 0 atom stereocenters. The summed E-state index contributed by atoms with van der Waals surface area (Å²) >= 11 is 0. The first kappa shape index (κ1) is 10.1. The van der Waals surface area contributed by atoms with Gasteiger partial charge in [0, 0.05) is 17.7 Å². The molecule has 0 bridgehead atoms. The summed E-state index contributed by atoms with van der Waals surface area (Å²) in [4.78, 5) is 20.1. The fourth-order valence-electron chi connectivity index (χ4n) is 1.01. The minimum absolute atomic E-state index is 0.188. The lowest BCUT2D eigenvalue weighted by Crippen LogP contribution is -2.02.